The minimum Gasteiger partial charge on any atom is -0.344 e. The Morgan fingerprint density at radius 3 is 1.00 bits per heavy atom. The molecule has 0 bridgehead atoms. The maximum atomic E-state index is 8.74. The van der Waals surface area contributed by atoms with Gasteiger partial charge in [-0.3, -0.25) is 9.11 Å². The highest BCUT2D eigenvalue weighted by Gasteiger charge is 1.84. The average Bonchev–Trinajstić information content (AvgIpc) is 0.722. The maximum absolute atomic E-state index is 8.74. The zero-order valence-electron chi connectivity index (χ0n) is 3.53. The molecule has 0 radical (unpaired) electrons. The van der Waals surface area contributed by atoms with Crippen LogP contribution in [-0.2, 0) is 10.4 Å². The van der Waals surface area contributed by atoms with Crippen LogP contribution in [0.15, 0.2) is 0 Å². The topological polar surface area (TPSA) is 145 Å². The number of hydrogen-bond acceptors (Lipinski definition) is 4. The highest BCUT2D eigenvalue weighted by molar-refractivity contribution is 7.79. The fourth-order valence-corrected chi connectivity index (χ4v) is 0. The van der Waals surface area contributed by atoms with E-state index in [-0.39, 0.29) is 12.3 Å². The van der Waals surface area contributed by atoms with Crippen molar-refractivity contribution >= 4 is 10.4 Å². The van der Waals surface area contributed by atoms with Gasteiger partial charge in [0.2, 0.25) is 0 Å². The molecule has 8 N–H and O–H groups in total. The van der Waals surface area contributed by atoms with Gasteiger partial charge in [-0.1, -0.05) is 0 Å². The Balaban J connectivity index is -0.0000000800. The van der Waals surface area contributed by atoms with E-state index in [9.17, 15) is 0 Å². The molecule has 0 aromatic heterocycles. The summed E-state index contributed by atoms with van der Waals surface area (Å²) in [6.07, 6.45) is 0. The van der Waals surface area contributed by atoms with Crippen LogP contribution < -0.4 is 12.3 Å². The normalized spacial score (nSPS) is 8.29. The molecule has 7 heavy (non-hydrogen) atoms. The molecule has 0 amide bonds. The lowest BCUT2D eigenvalue weighted by Crippen LogP contribution is -1.89. The Labute approximate surface area is 41.3 Å². The van der Waals surface area contributed by atoms with Gasteiger partial charge in [0.25, 0.3) is 0 Å². The smallest absolute Gasteiger partial charge is 0.344 e. The second-order valence-electron chi connectivity index (χ2n) is 0.448. The Bertz CT molecular complexity index is 92.9. The third-order valence-corrected chi connectivity index (χ3v) is 0. The Hall–Kier alpha value is -0.210. The fraction of sp³-hybridized carbons (Fsp3) is 0. The van der Waals surface area contributed by atoms with Crippen LogP contribution in [0.1, 0.15) is 0 Å². The first-order valence-corrected chi connectivity index (χ1v) is 2.10. The summed E-state index contributed by atoms with van der Waals surface area (Å²) in [5.41, 5.74) is 0. The van der Waals surface area contributed by atoms with Gasteiger partial charge >= 0.3 is 10.4 Å². The van der Waals surface area contributed by atoms with Gasteiger partial charge in [0, 0.05) is 0 Å². The van der Waals surface area contributed by atoms with Crippen molar-refractivity contribution in [2.45, 2.75) is 0 Å². The standard InChI is InChI=1S/2H3N.H2O4S/c;;1-5(2,3)4/h2*1H3;(H2,1,2,3,4)/i2*1+1;. The van der Waals surface area contributed by atoms with E-state index in [0.29, 0.717) is 0 Å². The molecule has 0 aromatic rings. The first-order valence-electron chi connectivity index (χ1n) is 0.698. The van der Waals surface area contributed by atoms with Crippen LogP contribution in [0, 0.1) is 0 Å². The molecule has 0 saturated carbocycles. The van der Waals surface area contributed by atoms with Gasteiger partial charge in [-0.25, -0.2) is 0 Å². The van der Waals surface area contributed by atoms with Crippen LogP contribution in [0.2, 0.25) is 0 Å². The van der Waals surface area contributed by atoms with Gasteiger partial charge in [-0.15, -0.1) is 0 Å². The fourth-order valence-electron chi connectivity index (χ4n) is 0. The van der Waals surface area contributed by atoms with Gasteiger partial charge < -0.3 is 12.3 Å². The molecule has 0 aliphatic heterocycles. The SMILES string of the molecule is O=S(=O)(O)O.[15NH3].[15NH3]. The first-order chi connectivity index (χ1) is 2.00. The molecule has 0 rings (SSSR count). The van der Waals surface area contributed by atoms with Gasteiger partial charge in [-0.05, 0) is 0 Å². The quantitative estimate of drug-likeness (QED) is 0.263. The average molecular weight is 134 g/mol. The van der Waals surface area contributed by atoms with Gasteiger partial charge in [0.1, 0.15) is 0 Å². The van der Waals surface area contributed by atoms with Crippen molar-refractivity contribution in [3.63, 3.8) is 0 Å². The van der Waals surface area contributed by atoms with E-state index in [0.717, 1.165) is 0 Å². The molecular weight excluding hydrogens is 126 g/mol. The minimum atomic E-state index is -4.67. The predicted molar refractivity (Wildman–Crippen MR) is 24.2 cm³/mol. The van der Waals surface area contributed by atoms with Crippen LogP contribution in [-0.4, -0.2) is 17.5 Å². The lowest BCUT2D eigenvalue weighted by atomic mass is 15.0. The van der Waals surface area contributed by atoms with Crippen molar-refractivity contribution in [3.8, 4) is 0 Å². The summed E-state index contributed by atoms with van der Waals surface area (Å²) in [4.78, 5) is 0. The van der Waals surface area contributed by atoms with Crippen LogP contribution in [0.3, 0.4) is 0 Å². The summed E-state index contributed by atoms with van der Waals surface area (Å²) in [5, 5.41) is 0. The van der Waals surface area contributed by atoms with Crippen molar-refractivity contribution in [1.29, 1.82) is 0 Å². The highest BCUT2D eigenvalue weighted by atomic mass is 32.3. The van der Waals surface area contributed by atoms with Crippen molar-refractivity contribution in [3.05, 3.63) is 0 Å². The monoisotopic (exact) mass is 134 g/mol. The summed E-state index contributed by atoms with van der Waals surface area (Å²) in [7, 11) is -4.67. The molecule has 0 aliphatic rings. The molecule has 0 aliphatic carbocycles. The molecule has 0 fully saturated rings. The molecule has 7 heteroatoms. The lowest BCUT2D eigenvalue weighted by Gasteiger charge is -1.68. The van der Waals surface area contributed by atoms with Crippen LogP contribution in [0.5, 0.6) is 0 Å². The molecule has 0 spiro atoms. The molecule has 0 aromatic carbocycles. The largest absolute Gasteiger partial charge is 0.394 e. The van der Waals surface area contributed by atoms with Gasteiger partial charge in [-0.2, -0.15) is 8.42 Å². The Morgan fingerprint density at radius 1 is 1.00 bits per heavy atom. The summed E-state index contributed by atoms with van der Waals surface area (Å²) in [6, 6.07) is 0. The second kappa shape index (κ2) is 3.96. The zero-order chi connectivity index (χ0) is 4.50. The Morgan fingerprint density at radius 2 is 1.00 bits per heavy atom. The van der Waals surface area contributed by atoms with Crippen molar-refractivity contribution in [1.82, 2.24) is 12.3 Å². The van der Waals surface area contributed by atoms with Crippen molar-refractivity contribution in [2.24, 2.45) is 0 Å². The second-order valence-corrected chi connectivity index (χ2v) is 1.34. The van der Waals surface area contributed by atoms with Crippen LogP contribution in [0.25, 0.3) is 0 Å². The molecule has 48 valence electrons. The highest BCUT2D eigenvalue weighted by Crippen LogP contribution is 1.59. The first kappa shape index (κ1) is 15.8. The van der Waals surface area contributed by atoms with E-state index in [1.807, 2.05) is 0 Å². The maximum Gasteiger partial charge on any atom is 0.394 e. The van der Waals surface area contributed by atoms with E-state index in [1.54, 1.807) is 0 Å². The van der Waals surface area contributed by atoms with Gasteiger partial charge in [0.15, 0.2) is 0 Å². The molecule has 0 saturated heterocycles. The van der Waals surface area contributed by atoms with E-state index < -0.39 is 10.4 Å². The molecule has 0 unspecified atom stereocenters. The molecular formula is H8N2O4S. The van der Waals surface area contributed by atoms with E-state index in [1.165, 1.54) is 0 Å². The number of hydrogen-bond donors (Lipinski definition) is 4. The predicted octanol–water partition coefficient (Wildman–Crippen LogP) is -0.329. The summed E-state index contributed by atoms with van der Waals surface area (Å²) < 4.78 is 31.6. The summed E-state index contributed by atoms with van der Waals surface area (Å²) in [5.74, 6) is 0. The summed E-state index contributed by atoms with van der Waals surface area (Å²) in [6.45, 7) is 0. The zero-order valence-corrected chi connectivity index (χ0v) is 4.35. The summed E-state index contributed by atoms with van der Waals surface area (Å²) >= 11 is 0. The lowest BCUT2D eigenvalue weighted by molar-refractivity contribution is 0.381. The molecule has 0 heterocycles. The van der Waals surface area contributed by atoms with Gasteiger partial charge in [0.05, 0.1) is 0 Å². The van der Waals surface area contributed by atoms with Crippen molar-refractivity contribution in [2.75, 3.05) is 0 Å². The number of rotatable bonds is 0. The molecule has 0 atom stereocenters. The third kappa shape index (κ3) is 1890. The van der Waals surface area contributed by atoms with Crippen molar-refractivity contribution < 1.29 is 17.5 Å². The van der Waals surface area contributed by atoms with E-state index in [4.69, 9.17) is 17.5 Å². The Kier molecular flexibility index (Phi) is 8.97. The minimum absolute atomic E-state index is 0. The van der Waals surface area contributed by atoms with E-state index in [2.05, 4.69) is 0 Å². The van der Waals surface area contributed by atoms with Crippen LogP contribution in [0.4, 0.5) is 0 Å². The third-order valence-electron chi connectivity index (χ3n) is 0. The van der Waals surface area contributed by atoms with E-state index >= 15 is 0 Å². The molecule has 6 nitrogen and oxygen atoms in total. The van der Waals surface area contributed by atoms with Crippen LogP contribution >= 0.6 is 0 Å².